The topological polar surface area (TPSA) is 53.4 Å². The van der Waals surface area contributed by atoms with E-state index in [9.17, 15) is 4.79 Å². The van der Waals surface area contributed by atoms with Gasteiger partial charge in [0, 0.05) is 51.0 Å². The Labute approximate surface area is 168 Å². The van der Waals surface area contributed by atoms with Crippen LogP contribution in [0.2, 0.25) is 0 Å². The molecule has 0 saturated carbocycles. The van der Waals surface area contributed by atoms with Gasteiger partial charge in [0.25, 0.3) is 0 Å². The Morgan fingerprint density at radius 2 is 1.80 bits per heavy atom. The van der Waals surface area contributed by atoms with Crippen molar-refractivity contribution in [1.29, 1.82) is 0 Å². The number of amides is 1. The molecule has 0 spiro atoms. The molecule has 6 nitrogen and oxygen atoms in total. The van der Waals surface area contributed by atoms with Crippen molar-refractivity contribution in [1.82, 2.24) is 24.9 Å². The summed E-state index contributed by atoms with van der Waals surface area (Å²) in [7, 11) is 2.00. The van der Waals surface area contributed by atoms with E-state index in [2.05, 4.69) is 29.2 Å². The van der Waals surface area contributed by atoms with E-state index >= 15 is 0 Å². The van der Waals surface area contributed by atoms with E-state index in [0.717, 1.165) is 57.8 Å². The third-order valence-electron chi connectivity index (χ3n) is 5.08. The van der Waals surface area contributed by atoms with Crippen LogP contribution in [0.3, 0.4) is 0 Å². The minimum absolute atomic E-state index is 0. The van der Waals surface area contributed by atoms with Crippen LogP contribution in [0.15, 0.2) is 0 Å². The summed E-state index contributed by atoms with van der Waals surface area (Å²) in [5.74, 6) is 0.297. The van der Waals surface area contributed by atoms with Crippen LogP contribution in [0.5, 0.6) is 0 Å². The highest BCUT2D eigenvalue weighted by atomic mass is 35.5. The first kappa shape index (κ1) is 24.5. The molecule has 9 heteroatoms. The van der Waals surface area contributed by atoms with Crippen molar-refractivity contribution in [3.8, 4) is 0 Å². The van der Waals surface area contributed by atoms with Crippen LogP contribution in [0.4, 0.5) is 0 Å². The van der Waals surface area contributed by atoms with Gasteiger partial charge in [-0.2, -0.15) is 5.10 Å². The molecule has 2 fully saturated rings. The minimum atomic E-state index is 0. The number of hydrogen-bond donors (Lipinski definition) is 1. The van der Waals surface area contributed by atoms with Crippen molar-refractivity contribution in [2.24, 2.45) is 7.05 Å². The molecule has 1 N–H and O–H groups in total. The molecule has 2 aliphatic rings. The fourth-order valence-corrected chi connectivity index (χ4v) is 3.51. The number of hydrogen-bond acceptors (Lipinski definition) is 4. The molecule has 1 unspecified atom stereocenters. The summed E-state index contributed by atoms with van der Waals surface area (Å²) in [5, 5.41) is 7.80. The minimum Gasteiger partial charge on any atom is -0.339 e. The fourth-order valence-electron chi connectivity index (χ4n) is 3.51. The quantitative estimate of drug-likeness (QED) is 0.818. The van der Waals surface area contributed by atoms with Gasteiger partial charge in [-0.25, -0.2) is 0 Å². The second-order valence-electron chi connectivity index (χ2n) is 6.52. The van der Waals surface area contributed by atoms with Gasteiger partial charge in [-0.1, -0.05) is 0 Å². The van der Waals surface area contributed by atoms with Crippen molar-refractivity contribution in [2.45, 2.75) is 39.3 Å². The lowest BCUT2D eigenvalue weighted by Gasteiger charge is -2.36. The van der Waals surface area contributed by atoms with Gasteiger partial charge in [0.1, 0.15) is 0 Å². The maximum atomic E-state index is 12.4. The number of halogens is 3. The SMILES string of the molecule is Cc1nn(C)c(C)c1CN1CCN(C(=O)C2CCCN2)CC1.Cl.Cl.Cl. The Kier molecular flexibility index (Phi) is 10.4. The summed E-state index contributed by atoms with van der Waals surface area (Å²) in [6.45, 7) is 9.71. The van der Waals surface area contributed by atoms with Crippen molar-refractivity contribution >= 4 is 43.1 Å². The Morgan fingerprint density at radius 1 is 1.16 bits per heavy atom. The number of rotatable bonds is 3. The third-order valence-corrected chi connectivity index (χ3v) is 5.08. The second-order valence-corrected chi connectivity index (χ2v) is 6.52. The molecular formula is C16H30Cl3N5O. The number of nitrogens with zero attached hydrogens (tertiary/aromatic N) is 4. The van der Waals surface area contributed by atoms with Gasteiger partial charge in [-0.15, -0.1) is 37.2 Å². The predicted molar refractivity (Wildman–Crippen MR) is 107 cm³/mol. The van der Waals surface area contributed by atoms with Gasteiger partial charge in [0.2, 0.25) is 5.91 Å². The molecule has 0 aliphatic carbocycles. The largest absolute Gasteiger partial charge is 0.339 e. The summed E-state index contributed by atoms with van der Waals surface area (Å²) in [6, 6.07) is 0.0642. The monoisotopic (exact) mass is 413 g/mol. The number of piperazine rings is 1. The standard InChI is InChI=1S/C16H27N5O.3ClH/c1-12-14(13(2)19(3)18-12)11-20-7-9-21(10-8-20)16(22)15-5-4-6-17-15;;;/h15,17H,4-11H2,1-3H3;3*1H. The zero-order valence-corrected chi connectivity index (χ0v) is 17.6. The molecule has 146 valence electrons. The molecule has 2 aliphatic heterocycles. The van der Waals surface area contributed by atoms with Gasteiger partial charge in [-0.05, 0) is 33.2 Å². The lowest BCUT2D eigenvalue weighted by atomic mass is 10.1. The molecule has 1 atom stereocenters. The zero-order valence-electron chi connectivity index (χ0n) is 15.2. The van der Waals surface area contributed by atoms with Gasteiger partial charge in [0.15, 0.2) is 0 Å². The molecule has 1 aromatic heterocycles. The molecule has 1 amide bonds. The van der Waals surface area contributed by atoms with Crippen LogP contribution in [0.25, 0.3) is 0 Å². The lowest BCUT2D eigenvalue weighted by molar-refractivity contribution is -0.134. The lowest BCUT2D eigenvalue weighted by Crippen LogP contribution is -2.52. The van der Waals surface area contributed by atoms with E-state index in [1.165, 1.54) is 11.3 Å². The molecule has 3 heterocycles. The molecule has 2 saturated heterocycles. The predicted octanol–water partition coefficient (Wildman–Crippen LogP) is 1.70. The normalized spacial score (nSPS) is 20.4. The number of carbonyl (C=O) groups is 1. The van der Waals surface area contributed by atoms with Gasteiger partial charge in [-0.3, -0.25) is 14.4 Å². The molecule has 1 aromatic rings. The van der Waals surface area contributed by atoms with E-state index in [4.69, 9.17) is 0 Å². The number of carbonyl (C=O) groups excluding carboxylic acids is 1. The Hall–Kier alpha value is -0.530. The summed E-state index contributed by atoms with van der Waals surface area (Å²) in [5.41, 5.74) is 3.69. The van der Waals surface area contributed by atoms with E-state index in [-0.39, 0.29) is 43.3 Å². The molecule has 3 rings (SSSR count). The van der Waals surface area contributed by atoms with Crippen LogP contribution in [0, 0.1) is 13.8 Å². The van der Waals surface area contributed by atoms with Crippen molar-refractivity contribution in [2.75, 3.05) is 32.7 Å². The highest BCUT2D eigenvalue weighted by molar-refractivity contribution is 5.86. The molecule has 25 heavy (non-hydrogen) atoms. The maximum Gasteiger partial charge on any atom is 0.239 e. The molecule has 0 bridgehead atoms. The second kappa shape index (κ2) is 10.6. The zero-order chi connectivity index (χ0) is 15.7. The first-order chi connectivity index (χ1) is 10.6. The van der Waals surface area contributed by atoms with Crippen molar-refractivity contribution < 1.29 is 4.79 Å². The average molecular weight is 415 g/mol. The summed E-state index contributed by atoms with van der Waals surface area (Å²) in [6.07, 6.45) is 2.11. The van der Waals surface area contributed by atoms with Crippen molar-refractivity contribution in [3.63, 3.8) is 0 Å². The van der Waals surface area contributed by atoms with E-state index in [1.54, 1.807) is 0 Å². The van der Waals surface area contributed by atoms with Crippen LogP contribution in [-0.2, 0) is 18.4 Å². The molecular weight excluding hydrogens is 385 g/mol. The number of aryl methyl sites for hydroxylation is 2. The summed E-state index contributed by atoms with van der Waals surface area (Å²) in [4.78, 5) is 16.9. The molecule has 0 aromatic carbocycles. The van der Waals surface area contributed by atoms with Gasteiger partial charge < -0.3 is 10.2 Å². The highest BCUT2D eigenvalue weighted by Crippen LogP contribution is 2.17. The number of aromatic nitrogens is 2. The summed E-state index contributed by atoms with van der Waals surface area (Å²) < 4.78 is 1.95. The Bertz CT molecular complexity index is 552. The van der Waals surface area contributed by atoms with Gasteiger partial charge >= 0.3 is 0 Å². The maximum absolute atomic E-state index is 12.4. The first-order valence-electron chi connectivity index (χ1n) is 8.30. The van der Waals surface area contributed by atoms with Gasteiger partial charge in [0.05, 0.1) is 11.7 Å². The smallest absolute Gasteiger partial charge is 0.239 e. The van der Waals surface area contributed by atoms with Crippen LogP contribution in [-0.4, -0.2) is 64.3 Å². The first-order valence-corrected chi connectivity index (χ1v) is 8.30. The number of nitrogens with one attached hydrogen (secondary N) is 1. The van der Waals surface area contributed by atoms with Crippen LogP contribution < -0.4 is 5.32 Å². The van der Waals surface area contributed by atoms with Crippen LogP contribution >= 0.6 is 37.2 Å². The summed E-state index contributed by atoms with van der Waals surface area (Å²) >= 11 is 0. The Balaban J connectivity index is 0.00000192. The van der Waals surface area contributed by atoms with E-state index in [0.29, 0.717) is 5.91 Å². The van der Waals surface area contributed by atoms with Crippen LogP contribution in [0.1, 0.15) is 29.8 Å². The fraction of sp³-hybridized carbons (Fsp3) is 0.750. The van der Waals surface area contributed by atoms with E-state index < -0.39 is 0 Å². The third kappa shape index (κ3) is 5.47. The average Bonchev–Trinajstić information content (AvgIpc) is 3.12. The molecule has 0 radical (unpaired) electrons. The Morgan fingerprint density at radius 3 is 2.28 bits per heavy atom. The van der Waals surface area contributed by atoms with Crippen molar-refractivity contribution in [3.05, 3.63) is 17.0 Å². The highest BCUT2D eigenvalue weighted by Gasteiger charge is 2.29. The van der Waals surface area contributed by atoms with E-state index in [1.807, 2.05) is 16.6 Å².